The molecule has 25 heavy (non-hydrogen) atoms. The number of nitrogens with zero attached hydrogens (tertiary/aromatic N) is 2. The van der Waals surface area contributed by atoms with E-state index in [0.29, 0.717) is 15.6 Å². The van der Waals surface area contributed by atoms with Crippen LogP contribution in [-0.4, -0.2) is 15.7 Å². The fraction of sp³-hybridized carbons (Fsp3) is 0.158. The summed E-state index contributed by atoms with van der Waals surface area (Å²) >= 11 is 13.7. The van der Waals surface area contributed by atoms with Crippen LogP contribution in [0.15, 0.2) is 52.3 Å². The van der Waals surface area contributed by atoms with Gasteiger partial charge in [0.15, 0.2) is 0 Å². The molecule has 0 aliphatic heterocycles. The third-order valence-corrected chi connectivity index (χ3v) is 5.67. The smallest absolute Gasteiger partial charge is 0.267 e. The van der Waals surface area contributed by atoms with Crippen molar-refractivity contribution >= 4 is 40.9 Å². The molecule has 0 N–H and O–H groups in total. The first kappa shape index (κ1) is 18.1. The van der Waals surface area contributed by atoms with Gasteiger partial charge in [0.05, 0.1) is 26.9 Å². The van der Waals surface area contributed by atoms with Gasteiger partial charge in [0.1, 0.15) is 0 Å². The van der Waals surface area contributed by atoms with Gasteiger partial charge in [0.2, 0.25) is 0 Å². The minimum absolute atomic E-state index is 0.266. The van der Waals surface area contributed by atoms with E-state index in [-0.39, 0.29) is 5.91 Å². The van der Waals surface area contributed by atoms with Gasteiger partial charge in [0.25, 0.3) is 5.91 Å². The van der Waals surface area contributed by atoms with E-state index in [4.69, 9.17) is 23.2 Å². The maximum Gasteiger partial charge on any atom is 0.279 e. The Balaban J connectivity index is 1.96. The van der Waals surface area contributed by atoms with E-state index < -0.39 is 0 Å². The molecule has 0 unspecified atom stereocenters. The molecule has 2 aromatic carbocycles. The predicted molar refractivity (Wildman–Crippen MR) is 103 cm³/mol. The van der Waals surface area contributed by atoms with Gasteiger partial charge in [-0.3, -0.25) is 4.79 Å². The molecule has 0 saturated heterocycles. The lowest BCUT2D eigenvalue weighted by molar-refractivity contribution is 0.0942. The highest BCUT2D eigenvalue weighted by atomic mass is 35.5. The van der Waals surface area contributed by atoms with Crippen LogP contribution in [0.4, 0.5) is 0 Å². The fourth-order valence-electron chi connectivity index (χ4n) is 2.48. The van der Waals surface area contributed by atoms with E-state index >= 15 is 0 Å². The first-order valence-electron chi connectivity index (χ1n) is 7.67. The molecule has 3 rings (SSSR count). The summed E-state index contributed by atoms with van der Waals surface area (Å²) in [6.45, 7) is 5.84. The number of carbonyl (C=O) groups excluding carboxylic acids is 1. The minimum atomic E-state index is -0.266. The number of carbonyl (C=O) groups is 1. The summed E-state index contributed by atoms with van der Waals surface area (Å²) in [6, 6.07) is 13.1. The second-order valence-corrected chi connectivity index (χ2v) is 7.68. The van der Waals surface area contributed by atoms with Crippen molar-refractivity contribution in [3.63, 3.8) is 0 Å². The number of benzene rings is 2. The van der Waals surface area contributed by atoms with E-state index in [1.807, 2.05) is 13.8 Å². The average molecular weight is 391 g/mol. The van der Waals surface area contributed by atoms with E-state index in [1.54, 1.807) is 30.0 Å². The molecule has 0 aliphatic rings. The lowest BCUT2D eigenvalue weighted by Gasteiger charge is -2.07. The molecule has 0 aliphatic carbocycles. The van der Waals surface area contributed by atoms with Crippen molar-refractivity contribution in [2.75, 3.05) is 0 Å². The Morgan fingerprint density at radius 2 is 1.72 bits per heavy atom. The number of hydrogen-bond donors (Lipinski definition) is 0. The SMILES string of the molecule is Cc1ccc(Sc2c(C)nn(C(=O)c3ccc(Cl)cc3Cl)c2C)cc1. The molecule has 0 atom stereocenters. The van der Waals surface area contributed by atoms with Gasteiger partial charge in [-0.05, 0) is 51.1 Å². The minimum Gasteiger partial charge on any atom is -0.267 e. The Labute approximate surface area is 161 Å². The highest BCUT2D eigenvalue weighted by Crippen LogP contribution is 2.33. The zero-order chi connectivity index (χ0) is 18.1. The standard InChI is InChI=1S/C19H16Cl2N2OS/c1-11-4-7-15(8-5-11)25-18-12(2)22-23(13(18)3)19(24)16-9-6-14(20)10-17(16)21/h4-10H,1-3H3. The molecule has 0 bridgehead atoms. The van der Waals surface area contributed by atoms with Crippen molar-refractivity contribution in [1.82, 2.24) is 9.78 Å². The normalized spacial score (nSPS) is 10.9. The number of aryl methyl sites for hydroxylation is 2. The molecule has 3 nitrogen and oxygen atoms in total. The van der Waals surface area contributed by atoms with Crippen LogP contribution in [0, 0.1) is 20.8 Å². The third kappa shape index (κ3) is 3.76. The summed E-state index contributed by atoms with van der Waals surface area (Å²) in [5.74, 6) is -0.266. The topological polar surface area (TPSA) is 34.9 Å². The second kappa shape index (κ2) is 7.24. The lowest BCUT2D eigenvalue weighted by atomic mass is 10.2. The molecular formula is C19H16Cl2N2OS. The molecule has 3 aromatic rings. The van der Waals surface area contributed by atoms with Crippen molar-refractivity contribution in [3.05, 3.63) is 75.0 Å². The van der Waals surface area contributed by atoms with Crippen LogP contribution in [0.3, 0.4) is 0 Å². The Morgan fingerprint density at radius 3 is 2.36 bits per heavy atom. The van der Waals surface area contributed by atoms with E-state index in [0.717, 1.165) is 21.2 Å². The maximum absolute atomic E-state index is 12.8. The molecule has 6 heteroatoms. The Morgan fingerprint density at radius 1 is 1.04 bits per heavy atom. The predicted octanol–water partition coefficient (Wildman–Crippen LogP) is 5.95. The van der Waals surface area contributed by atoms with E-state index in [1.165, 1.54) is 10.2 Å². The quantitative estimate of drug-likeness (QED) is 0.553. The lowest BCUT2D eigenvalue weighted by Crippen LogP contribution is -2.15. The molecule has 0 amide bonds. The second-order valence-electron chi connectivity index (χ2n) is 5.76. The number of halogens is 2. The summed E-state index contributed by atoms with van der Waals surface area (Å²) < 4.78 is 1.40. The Hall–Kier alpha value is -1.75. The van der Waals surface area contributed by atoms with Crippen LogP contribution in [0.25, 0.3) is 0 Å². The van der Waals surface area contributed by atoms with Crippen LogP contribution in [0.5, 0.6) is 0 Å². The number of rotatable bonds is 3. The summed E-state index contributed by atoms with van der Waals surface area (Å²) in [7, 11) is 0. The van der Waals surface area contributed by atoms with Gasteiger partial charge in [0, 0.05) is 9.92 Å². The van der Waals surface area contributed by atoms with Gasteiger partial charge in [-0.1, -0.05) is 52.7 Å². The maximum atomic E-state index is 12.8. The van der Waals surface area contributed by atoms with Crippen molar-refractivity contribution in [2.24, 2.45) is 0 Å². The van der Waals surface area contributed by atoms with Crippen LogP contribution in [-0.2, 0) is 0 Å². The molecule has 1 heterocycles. The highest BCUT2D eigenvalue weighted by Gasteiger charge is 2.20. The van der Waals surface area contributed by atoms with E-state index in [9.17, 15) is 4.79 Å². The average Bonchev–Trinajstić information content (AvgIpc) is 2.84. The van der Waals surface area contributed by atoms with Crippen LogP contribution < -0.4 is 0 Å². The van der Waals surface area contributed by atoms with Gasteiger partial charge in [-0.25, -0.2) is 0 Å². The van der Waals surface area contributed by atoms with Gasteiger partial charge in [-0.15, -0.1) is 0 Å². The zero-order valence-corrected chi connectivity index (χ0v) is 16.3. The molecule has 128 valence electrons. The van der Waals surface area contributed by atoms with Gasteiger partial charge < -0.3 is 0 Å². The molecule has 0 radical (unpaired) electrons. The summed E-state index contributed by atoms with van der Waals surface area (Å²) in [5.41, 5.74) is 3.19. The first-order chi connectivity index (χ1) is 11.9. The summed E-state index contributed by atoms with van der Waals surface area (Å²) in [4.78, 5) is 14.9. The Kier molecular flexibility index (Phi) is 5.23. The molecule has 1 aromatic heterocycles. The van der Waals surface area contributed by atoms with Crippen LogP contribution >= 0.6 is 35.0 Å². The first-order valence-corrected chi connectivity index (χ1v) is 9.24. The molecule has 0 fully saturated rings. The zero-order valence-electron chi connectivity index (χ0n) is 14.0. The molecule has 0 saturated carbocycles. The van der Waals surface area contributed by atoms with Crippen molar-refractivity contribution in [3.8, 4) is 0 Å². The fourth-order valence-corrected chi connectivity index (χ4v) is 3.89. The van der Waals surface area contributed by atoms with Crippen molar-refractivity contribution < 1.29 is 4.79 Å². The van der Waals surface area contributed by atoms with Crippen molar-refractivity contribution in [2.45, 2.75) is 30.6 Å². The van der Waals surface area contributed by atoms with Crippen molar-refractivity contribution in [1.29, 1.82) is 0 Å². The number of aromatic nitrogens is 2. The third-order valence-electron chi connectivity index (χ3n) is 3.82. The van der Waals surface area contributed by atoms with Gasteiger partial charge >= 0.3 is 0 Å². The largest absolute Gasteiger partial charge is 0.279 e. The Bertz CT molecular complexity index is 949. The molecular weight excluding hydrogens is 375 g/mol. The van der Waals surface area contributed by atoms with Crippen LogP contribution in [0.1, 0.15) is 27.3 Å². The van der Waals surface area contributed by atoms with Crippen LogP contribution in [0.2, 0.25) is 10.0 Å². The molecule has 0 spiro atoms. The van der Waals surface area contributed by atoms with Gasteiger partial charge in [-0.2, -0.15) is 9.78 Å². The summed E-state index contributed by atoms with van der Waals surface area (Å²) in [6.07, 6.45) is 0. The number of hydrogen-bond acceptors (Lipinski definition) is 3. The summed E-state index contributed by atoms with van der Waals surface area (Å²) in [5, 5.41) is 5.23. The van der Waals surface area contributed by atoms with E-state index in [2.05, 4.69) is 36.3 Å². The monoisotopic (exact) mass is 390 g/mol. The highest BCUT2D eigenvalue weighted by molar-refractivity contribution is 7.99.